The first-order chi connectivity index (χ1) is 11.8. The van der Waals surface area contributed by atoms with Crippen molar-refractivity contribution in [2.45, 2.75) is 4.90 Å². The quantitative estimate of drug-likeness (QED) is 0.639. The Hall–Kier alpha value is -2.01. The maximum absolute atomic E-state index is 12.6. The fourth-order valence-corrected chi connectivity index (χ4v) is 3.99. The van der Waals surface area contributed by atoms with Crippen molar-refractivity contribution in [2.24, 2.45) is 0 Å². The van der Waals surface area contributed by atoms with Crippen molar-refractivity contribution in [1.82, 2.24) is 0 Å². The zero-order valence-electron chi connectivity index (χ0n) is 13.3. The third-order valence-electron chi connectivity index (χ3n) is 3.28. The second-order valence-corrected chi connectivity index (χ2v) is 8.02. The SMILES string of the molecule is COc1cc(C=C(C#N)S(=O)(=O)c2ccc(Cl)cc2)cc(Br)c1OC. The van der Waals surface area contributed by atoms with Crippen LogP contribution >= 0.6 is 27.5 Å². The molecule has 0 atom stereocenters. The van der Waals surface area contributed by atoms with E-state index in [1.54, 1.807) is 18.2 Å². The Balaban J connectivity index is 2.56. The van der Waals surface area contributed by atoms with E-state index in [2.05, 4.69) is 15.9 Å². The molecule has 2 aromatic carbocycles. The number of hydrogen-bond donors (Lipinski definition) is 0. The van der Waals surface area contributed by atoms with E-state index in [0.717, 1.165) is 0 Å². The van der Waals surface area contributed by atoms with Gasteiger partial charge in [-0.25, -0.2) is 8.42 Å². The van der Waals surface area contributed by atoms with E-state index in [-0.39, 0.29) is 4.90 Å². The van der Waals surface area contributed by atoms with Gasteiger partial charge in [0.25, 0.3) is 0 Å². The molecule has 0 radical (unpaired) electrons. The molecule has 2 aromatic rings. The van der Waals surface area contributed by atoms with Crippen LogP contribution in [0.2, 0.25) is 5.02 Å². The highest BCUT2D eigenvalue weighted by Crippen LogP contribution is 2.37. The van der Waals surface area contributed by atoms with Crippen molar-refractivity contribution in [3.8, 4) is 17.6 Å². The summed E-state index contributed by atoms with van der Waals surface area (Å²) in [5.41, 5.74) is 0.471. The molecule has 0 amide bonds. The van der Waals surface area contributed by atoms with Gasteiger partial charge in [-0.1, -0.05) is 11.6 Å². The molecule has 130 valence electrons. The molecule has 0 spiro atoms. The molecular formula is C17H13BrClNO4S. The van der Waals surface area contributed by atoms with Crippen LogP contribution in [0.3, 0.4) is 0 Å². The van der Waals surface area contributed by atoms with Gasteiger partial charge in [-0.3, -0.25) is 0 Å². The van der Waals surface area contributed by atoms with Crippen LogP contribution in [0.15, 0.2) is 50.7 Å². The lowest BCUT2D eigenvalue weighted by atomic mass is 10.2. The van der Waals surface area contributed by atoms with Gasteiger partial charge in [-0.15, -0.1) is 0 Å². The first kappa shape index (κ1) is 19.3. The number of nitriles is 1. The highest BCUT2D eigenvalue weighted by Gasteiger charge is 2.21. The predicted molar refractivity (Wildman–Crippen MR) is 99.5 cm³/mol. The molecule has 0 N–H and O–H groups in total. The maximum atomic E-state index is 12.6. The average molecular weight is 443 g/mol. The van der Waals surface area contributed by atoms with E-state index in [1.165, 1.54) is 44.6 Å². The second kappa shape index (κ2) is 7.91. The summed E-state index contributed by atoms with van der Waals surface area (Å²) in [5.74, 6) is 0.878. The second-order valence-electron chi connectivity index (χ2n) is 4.82. The van der Waals surface area contributed by atoms with Gasteiger partial charge < -0.3 is 9.47 Å². The zero-order chi connectivity index (χ0) is 18.6. The van der Waals surface area contributed by atoms with Crippen LogP contribution in [0, 0.1) is 11.3 Å². The Bertz CT molecular complexity index is 963. The number of ether oxygens (including phenoxy) is 2. The molecule has 0 aliphatic rings. The smallest absolute Gasteiger partial charge is 0.216 e. The van der Waals surface area contributed by atoms with E-state index < -0.39 is 14.7 Å². The van der Waals surface area contributed by atoms with Crippen molar-refractivity contribution in [3.63, 3.8) is 0 Å². The van der Waals surface area contributed by atoms with Crippen molar-refractivity contribution in [3.05, 3.63) is 56.4 Å². The maximum Gasteiger partial charge on any atom is 0.216 e. The van der Waals surface area contributed by atoms with Crippen molar-refractivity contribution in [1.29, 1.82) is 5.26 Å². The number of benzene rings is 2. The summed E-state index contributed by atoms with van der Waals surface area (Å²) in [7, 11) is -1.00. The lowest BCUT2D eigenvalue weighted by Crippen LogP contribution is -2.03. The van der Waals surface area contributed by atoms with E-state index in [0.29, 0.717) is 26.6 Å². The first-order valence-electron chi connectivity index (χ1n) is 6.87. The van der Waals surface area contributed by atoms with Gasteiger partial charge in [0.15, 0.2) is 11.5 Å². The molecule has 2 rings (SSSR count). The number of nitrogens with zero attached hydrogens (tertiary/aromatic N) is 1. The van der Waals surface area contributed by atoms with Crippen LogP contribution in [0.4, 0.5) is 0 Å². The Labute approximate surface area is 159 Å². The van der Waals surface area contributed by atoms with Gasteiger partial charge >= 0.3 is 0 Å². The minimum atomic E-state index is -3.96. The normalized spacial score (nSPS) is 11.7. The van der Waals surface area contributed by atoms with Crippen LogP contribution in [0.5, 0.6) is 11.5 Å². The van der Waals surface area contributed by atoms with E-state index in [4.69, 9.17) is 21.1 Å². The van der Waals surface area contributed by atoms with Gasteiger partial charge in [0.05, 0.1) is 23.6 Å². The van der Waals surface area contributed by atoms with Crippen LogP contribution < -0.4 is 9.47 Å². The number of methoxy groups -OCH3 is 2. The van der Waals surface area contributed by atoms with E-state index in [1.807, 2.05) is 0 Å². The molecule has 0 fully saturated rings. The Morgan fingerprint density at radius 3 is 2.36 bits per heavy atom. The van der Waals surface area contributed by atoms with Crippen molar-refractivity contribution < 1.29 is 17.9 Å². The molecule has 0 aromatic heterocycles. The minimum Gasteiger partial charge on any atom is -0.493 e. The zero-order valence-corrected chi connectivity index (χ0v) is 16.4. The van der Waals surface area contributed by atoms with Crippen molar-refractivity contribution in [2.75, 3.05) is 14.2 Å². The topological polar surface area (TPSA) is 76.4 Å². The summed E-state index contributed by atoms with van der Waals surface area (Å²) < 4.78 is 36.3. The Morgan fingerprint density at radius 2 is 1.84 bits per heavy atom. The number of sulfone groups is 1. The molecule has 0 heterocycles. The summed E-state index contributed by atoms with van der Waals surface area (Å²) in [6, 6.07) is 10.6. The van der Waals surface area contributed by atoms with E-state index >= 15 is 0 Å². The van der Waals surface area contributed by atoms with Crippen LogP contribution in [0.25, 0.3) is 6.08 Å². The molecule has 25 heavy (non-hydrogen) atoms. The molecule has 0 bridgehead atoms. The largest absolute Gasteiger partial charge is 0.493 e. The number of hydrogen-bond acceptors (Lipinski definition) is 5. The van der Waals surface area contributed by atoms with Crippen LogP contribution in [0.1, 0.15) is 5.56 Å². The third kappa shape index (κ3) is 4.15. The van der Waals surface area contributed by atoms with Gasteiger partial charge in [0, 0.05) is 5.02 Å². The predicted octanol–water partition coefficient (Wildman–Crippen LogP) is 4.46. The van der Waals surface area contributed by atoms with Crippen LogP contribution in [-0.4, -0.2) is 22.6 Å². The minimum absolute atomic E-state index is 0.00996. The molecular weight excluding hydrogens is 430 g/mol. The fraction of sp³-hybridized carbons (Fsp3) is 0.118. The molecule has 0 unspecified atom stereocenters. The monoisotopic (exact) mass is 441 g/mol. The molecule has 5 nitrogen and oxygen atoms in total. The van der Waals surface area contributed by atoms with Crippen molar-refractivity contribution >= 4 is 43.4 Å². The highest BCUT2D eigenvalue weighted by atomic mass is 79.9. The number of rotatable bonds is 5. The summed E-state index contributed by atoms with van der Waals surface area (Å²) in [4.78, 5) is -0.404. The fourth-order valence-electron chi connectivity index (χ4n) is 2.08. The lowest BCUT2D eigenvalue weighted by molar-refractivity contribution is 0.353. The molecule has 8 heteroatoms. The molecule has 0 saturated carbocycles. The van der Waals surface area contributed by atoms with Gasteiger partial charge in [0.2, 0.25) is 9.84 Å². The van der Waals surface area contributed by atoms with Crippen LogP contribution in [-0.2, 0) is 9.84 Å². The van der Waals surface area contributed by atoms with E-state index in [9.17, 15) is 13.7 Å². The number of halogens is 2. The summed E-state index contributed by atoms with van der Waals surface area (Å²) in [6.07, 6.45) is 1.27. The number of allylic oxidation sites excluding steroid dienone is 1. The lowest BCUT2D eigenvalue weighted by Gasteiger charge is -2.11. The standard InChI is InChI=1S/C17H13BrClNO4S/c1-23-16-9-11(8-15(18)17(16)24-2)7-14(10-20)25(21,22)13-5-3-12(19)4-6-13/h3-9H,1-2H3. The summed E-state index contributed by atoms with van der Waals surface area (Å²) in [6.45, 7) is 0. The summed E-state index contributed by atoms with van der Waals surface area (Å²) in [5, 5.41) is 9.75. The molecule has 0 aliphatic heterocycles. The first-order valence-corrected chi connectivity index (χ1v) is 9.53. The third-order valence-corrected chi connectivity index (χ3v) is 5.80. The summed E-state index contributed by atoms with van der Waals surface area (Å²) >= 11 is 9.11. The average Bonchev–Trinajstić information content (AvgIpc) is 2.59. The van der Waals surface area contributed by atoms with Gasteiger partial charge in [-0.2, -0.15) is 5.26 Å². The van der Waals surface area contributed by atoms with Gasteiger partial charge in [0.1, 0.15) is 11.0 Å². The highest BCUT2D eigenvalue weighted by molar-refractivity contribution is 9.10. The molecule has 0 saturated heterocycles. The molecule has 0 aliphatic carbocycles. The van der Waals surface area contributed by atoms with Gasteiger partial charge in [-0.05, 0) is 64.0 Å². The Kier molecular flexibility index (Phi) is 6.11. The Morgan fingerprint density at radius 1 is 1.20 bits per heavy atom.